The van der Waals surface area contributed by atoms with Gasteiger partial charge in [0.15, 0.2) is 0 Å². The van der Waals surface area contributed by atoms with Crippen LogP contribution in [-0.2, 0) is 14.8 Å². The first kappa shape index (κ1) is 11.1. The Balaban J connectivity index is 2.90. The van der Waals surface area contributed by atoms with E-state index in [4.69, 9.17) is 23.2 Å². The van der Waals surface area contributed by atoms with Crippen LogP contribution in [-0.4, -0.2) is 42.7 Å². The number of carbonyl (C=O) groups is 1. The van der Waals surface area contributed by atoms with E-state index >= 15 is 0 Å². The zero-order valence-electron chi connectivity index (χ0n) is 6.91. The van der Waals surface area contributed by atoms with E-state index in [-0.39, 0.29) is 18.3 Å². The van der Waals surface area contributed by atoms with Gasteiger partial charge in [0, 0.05) is 18.3 Å². The Hall–Kier alpha value is -0.000000000000000111. The van der Waals surface area contributed by atoms with Crippen LogP contribution in [0.4, 0.5) is 0 Å². The molecule has 1 rings (SSSR count). The van der Waals surface area contributed by atoms with Crippen molar-refractivity contribution in [3.63, 3.8) is 0 Å². The topological polar surface area (TPSA) is 54.5 Å². The van der Waals surface area contributed by atoms with Crippen molar-refractivity contribution in [1.29, 1.82) is 0 Å². The average Bonchev–Trinajstić information content (AvgIpc) is 2.28. The largest absolute Gasteiger partial charge is 0.272 e. The lowest BCUT2D eigenvalue weighted by molar-refractivity contribution is -0.123. The molecule has 1 aliphatic heterocycles. The van der Waals surface area contributed by atoms with E-state index in [9.17, 15) is 13.2 Å². The molecule has 1 heterocycles. The third-order valence-corrected chi connectivity index (χ3v) is 3.96. The molecule has 1 amide bonds. The lowest BCUT2D eigenvalue weighted by Gasteiger charge is -2.12. The van der Waals surface area contributed by atoms with E-state index in [0.717, 1.165) is 10.6 Å². The lowest BCUT2D eigenvalue weighted by Crippen LogP contribution is -2.32. The van der Waals surface area contributed by atoms with E-state index in [1.807, 2.05) is 0 Å². The fourth-order valence-corrected chi connectivity index (χ4v) is 2.77. The molecule has 13 heavy (non-hydrogen) atoms. The van der Waals surface area contributed by atoms with Gasteiger partial charge in [0.2, 0.25) is 10.0 Å². The van der Waals surface area contributed by atoms with Gasteiger partial charge in [-0.25, -0.2) is 12.7 Å². The molecule has 0 aromatic rings. The highest BCUT2D eigenvalue weighted by atomic mass is 35.5. The summed E-state index contributed by atoms with van der Waals surface area (Å²) in [6.07, 6.45) is 0.977. The Morgan fingerprint density at radius 3 is 2.38 bits per heavy atom. The maximum atomic E-state index is 11.3. The average molecular weight is 246 g/mol. The van der Waals surface area contributed by atoms with Gasteiger partial charge in [-0.15, -0.1) is 23.2 Å². The second kappa shape index (κ2) is 3.63. The molecule has 2 atom stereocenters. The van der Waals surface area contributed by atoms with Gasteiger partial charge < -0.3 is 0 Å². The Morgan fingerprint density at radius 2 is 2.15 bits per heavy atom. The maximum Gasteiger partial charge on any atom is 0.254 e. The first-order valence-corrected chi connectivity index (χ1v) is 6.41. The van der Waals surface area contributed by atoms with Gasteiger partial charge in [0.25, 0.3) is 5.91 Å². The number of halogens is 2. The second-order valence-electron chi connectivity index (χ2n) is 2.95. The van der Waals surface area contributed by atoms with E-state index in [0.29, 0.717) is 0 Å². The molecule has 1 aliphatic rings. The molecule has 2 unspecified atom stereocenters. The number of alkyl halides is 2. The zero-order valence-corrected chi connectivity index (χ0v) is 9.23. The molecule has 4 nitrogen and oxygen atoms in total. The number of hydrogen-bond acceptors (Lipinski definition) is 3. The molecule has 0 radical (unpaired) electrons. The molecular formula is C6H9Cl2NO3S. The van der Waals surface area contributed by atoms with Crippen LogP contribution in [0.15, 0.2) is 0 Å². The molecule has 0 aliphatic carbocycles. The number of hydrogen-bond donors (Lipinski definition) is 0. The molecule has 0 spiro atoms. The van der Waals surface area contributed by atoms with Crippen LogP contribution in [0, 0.1) is 5.92 Å². The standard InChI is InChI=1S/C6H9Cl2NO3S/c1-13(11,12)9-3-4(2-7)5(8)6(9)10/h4-5H,2-3H2,1H3. The van der Waals surface area contributed by atoms with Crippen molar-refractivity contribution in [2.45, 2.75) is 5.38 Å². The fourth-order valence-electron chi connectivity index (χ4n) is 1.16. The van der Waals surface area contributed by atoms with Gasteiger partial charge in [-0.2, -0.15) is 0 Å². The van der Waals surface area contributed by atoms with E-state index in [1.54, 1.807) is 0 Å². The summed E-state index contributed by atoms with van der Waals surface area (Å²) in [5.41, 5.74) is 0. The van der Waals surface area contributed by atoms with Crippen LogP contribution in [0.3, 0.4) is 0 Å². The summed E-state index contributed by atoms with van der Waals surface area (Å²) in [7, 11) is -3.49. The Kier molecular flexibility index (Phi) is 3.09. The summed E-state index contributed by atoms with van der Waals surface area (Å²) in [5, 5.41) is -0.813. The minimum absolute atomic E-state index is 0.0926. The van der Waals surface area contributed by atoms with Gasteiger partial charge in [-0.1, -0.05) is 0 Å². The molecule has 1 saturated heterocycles. The summed E-state index contributed by atoms with van der Waals surface area (Å²) in [6, 6.07) is 0. The van der Waals surface area contributed by atoms with Gasteiger partial charge in [-0.05, 0) is 0 Å². The van der Waals surface area contributed by atoms with Crippen LogP contribution in [0.5, 0.6) is 0 Å². The molecule has 76 valence electrons. The summed E-state index contributed by atoms with van der Waals surface area (Å²) < 4.78 is 22.9. The number of nitrogens with zero attached hydrogens (tertiary/aromatic N) is 1. The molecule has 0 aromatic heterocycles. The highest BCUT2D eigenvalue weighted by Crippen LogP contribution is 2.26. The first-order valence-electron chi connectivity index (χ1n) is 3.59. The van der Waals surface area contributed by atoms with Crippen LogP contribution >= 0.6 is 23.2 Å². The van der Waals surface area contributed by atoms with Crippen LogP contribution in [0.2, 0.25) is 0 Å². The minimum atomic E-state index is -3.49. The Morgan fingerprint density at radius 1 is 1.62 bits per heavy atom. The fraction of sp³-hybridized carbons (Fsp3) is 0.833. The quantitative estimate of drug-likeness (QED) is 0.656. The van der Waals surface area contributed by atoms with Crippen molar-refractivity contribution in [3.05, 3.63) is 0 Å². The lowest BCUT2D eigenvalue weighted by atomic mass is 10.1. The van der Waals surface area contributed by atoms with Crippen LogP contribution in [0.25, 0.3) is 0 Å². The number of amides is 1. The molecule has 1 fully saturated rings. The second-order valence-corrected chi connectivity index (χ2v) is 5.63. The predicted octanol–water partition coefficient (Wildman–Crippen LogP) is 0.251. The summed E-state index contributed by atoms with van der Waals surface area (Å²) in [4.78, 5) is 11.3. The highest BCUT2D eigenvalue weighted by molar-refractivity contribution is 7.88. The predicted molar refractivity (Wildman–Crippen MR) is 50.4 cm³/mol. The van der Waals surface area contributed by atoms with Crippen LogP contribution < -0.4 is 0 Å². The van der Waals surface area contributed by atoms with Crippen molar-refractivity contribution in [3.8, 4) is 0 Å². The summed E-state index contributed by atoms with van der Waals surface area (Å²) in [5.74, 6) is -0.674. The van der Waals surface area contributed by atoms with E-state index in [2.05, 4.69) is 0 Å². The first-order chi connectivity index (χ1) is 5.88. The number of rotatable bonds is 2. The third kappa shape index (κ3) is 2.08. The zero-order chi connectivity index (χ0) is 10.2. The Bertz CT molecular complexity index is 316. The molecule has 0 bridgehead atoms. The SMILES string of the molecule is CS(=O)(=O)N1CC(CCl)C(Cl)C1=O. The third-order valence-electron chi connectivity index (χ3n) is 1.89. The number of sulfonamides is 1. The minimum Gasteiger partial charge on any atom is -0.272 e. The van der Waals surface area contributed by atoms with Crippen molar-refractivity contribution < 1.29 is 13.2 Å². The molecule has 0 saturated carbocycles. The molecule has 0 aromatic carbocycles. The highest BCUT2D eigenvalue weighted by Gasteiger charge is 2.42. The summed E-state index contributed by atoms with van der Waals surface area (Å²) >= 11 is 11.2. The van der Waals surface area contributed by atoms with Gasteiger partial charge in [0.05, 0.1) is 6.26 Å². The maximum absolute atomic E-state index is 11.3. The molecule has 0 N–H and O–H groups in total. The molecule has 7 heteroatoms. The smallest absolute Gasteiger partial charge is 0.254 e. The van der Waals surface area contributed by atoms with E-state index < -0.39 is 21.3 Å². The van der Waals surface area contributed by atoms with Gasteiger partial charge >= 0.3 is 0 Å². The monoisotopic (exact) mass is 245 g/mol. The van der Waals surface area contributed by atoms with Crippen LogP contribution in [0.1, 0.15) is 0 Å². The number of carbonyl (C=O) groups excluding carboxylic acids is 1. The normalized spacial score (nSPS) is 29.8. The van der Waals surface area contributed by atoms with Crippen molar-refractivity contribution >= 4 is 39.1 Å². The van der Waals surface area contributed by atoms with Crippen molar-refractivity contribution in [2.75, 3.05) is 18.7 Å². The van der Waals surface area contributed by atoms with Gasteiger partial charge in [-0.3, -0.25) is 4.79 Å². The molecular weight excluding hydrogens is 237 g/mol. The van der Waals surface area contributed by atoms with E-state index in [1.165, 1.54) is 0 Å². The van der Waals surface area contributed by atoms with Gasteiger partial charge in [0.1, 0.15) is 5.38 Å². The Labute approximate surface area is 86.8 Å². The van der Waals surface area contributed by atoms with Crippen molar-refractivity contribution in [1.82, 2.24) is 4.31 Å². The van der Waals surface area contributed by atoms with Crippen molar-refractivity contribution in [2.24, 2.45) is 5.92 Å². The summed E-state index contributed by atoms with van der Waals surface area (Å²) in [6.45, 7) is 0.0926.